The van der Waals surface area contributed by atoms with Gasteiger partial charge in [-0.05, 0) is 33.0 Å². The molecule has 6 heteroatoms. The molecule has 1 saturated heterocycles. The predicted octanol–water partition coefficient (Wildman–Crippen LogP) is 0.169. The van der Waals surface area contributed by atoms with E-state index in [4.69, 9.17) is 5.73 Å². The highest BCUT2D eigenvalue weighted by molar-refractivity contribution is 5.98. The summed E-state index contributed by atoms with van der Waals surface area (Å²) in [7, 11) is 5.70. The third kappa shape index (κ3) is 2.33. The van der Waals surface area contributed by atoms with Crippen molar-refractivity contribution < 1.29 is 4.79 Å². The van der Waals surface area contributed by atoms with Crippen LogP contribution in [0.25, 0.3) is 0 Å². The fourth-order valence-corrected chi connectivity index (χ4v) is 2.35. The zero-order chi connectivity index (χ0) is 13.3. The van der Waals surface area contributed by atoms with Crippen molar-refractivity contribution in [1.82, 2.24) is 19.6 Å². The minimum absolute atomic E-state index is 0.0323. The lowest BCUT2D eigenvalue weighted by Gasteiger charge is -2.35. The molecule has 0 aliphatic carbocycles. The SMILES string of the molecule is CN1CCC(N(C)C(=O)c2cnn(C)c2N)CC1. The second-order valence-electron chi connectivity index (χ2n) is 5.02. The zero-order valence-electron chi connectivity index (χ0n) is 11.3. The number of rotatable bonds is 2. The molecule has 0 unspecified atom stereocenters. The van der Waals surface area contributed by atoms with Crippen LogP contribution in [0, 0.1) is 0 Å². The van der Waals surface area contributed by atoms with Crippen molar-refractivity contribution in [2.45, 2.75) is 18.9 Å². The highest BCUT2D eigenvalue weighted by Gasteiger charge is 2.26. The summed E-state index contributed by atoms with van der Waals surface area (Å²) < 4.78 is 1.52. The lowest BCUT2D eigenvalue weighted by molar-refractivity contribution is 0.0660. The number of anilines is 1. The number of hydrogen-bond donors (Lipinski definition) is 1. The van der Waals surface area contributed by atoms with Gasteiger partial charge in [0.25, 0.3) is 5.91 Å². The van der Waals surface area contributed by atoms with Crippen LogP contribution in [0.1, 0.15) is 23.2 Å². The molecule has 2 heterocycles. The summed E-state index contributed by atoms with van der Waals surface area (Å²) in [5.41, 5.74) is 6.34. The molecule has 100 valence electrons. The fraction of sp³-hybridized carbons (Fsp3) is 0.667. The van der Waals surface area contributed by atoms with E-state index in [0.717, 1.165) is 25.9 Å². The second kappa shape index (κ2) is 4.97. The molecule has 0 aromatic carbocycles. The Morgan fingerprint density at radius 2 is 2.06 bits per heavy atom. The predicted molar refractivity (Wildman–Crippen MR) is 70.2 cm³/mol. The first-order chi connectivity index (χ1) is 8.50. The molecule has 0 bridgehead atoms. The maximum atomic E-state index is 12.3. The molecule has 2 N–H and O–H groups in total. The molecule has 18 heavy (non-hydrogen) atoms. The molecular formula is C12H21N5O. The third-order valence-corrected chi connectivity index (χ3v) is 3.77. The number of nitrogen functional groups attached to an aromatic ring is 1. The van der Waals surface area contributed by atoms with Gasteiger partial charge in [0, 0.05) is 20.1 Å². The topological polar surface area (TPSA) is 67.4 Å². The summed E-state index contributed by atoms with van der Waals surface area (Å²) in [5.74, 6) is 0.398. The number of nitrogens with zero attached hydrogens (tertiary/aromatic N) is 4. The van der Waals surface area contributed by atoms with Crippen LogP contribution in [-0.4, -0.2) is 58.7 Å². The van der Waals surface area contributed by atoms with E-state index in [9.17, 15) is 4.79 Å². The molecule has 0 saturated carbocycles. The van der Waals surface area contributed by atoms with E-state index in [-0.39, 0.29) is 5.91 Å². The maximum absolute atomic E-state index is 12.3. The van der Waals surface area contributed by atoms with E-state index in [2.05, 4.69) is 17.0 Å². The Hall–Kier alpha value is -1.56. The molecule has 2 rings (SSSR count). The largest absolute Gasteiger partial charge is 0.383 e. The summed E-state index contributed by atoms with van der Waals surface area (Å²) in [6, 6.07) is 0.299. The summed E-state index contributed by atoms with van der Waals surface area (Å²) in [6.07, 6.45) is 3.57. The van der Waals surface area contributed by atoms with Crippen molar-refractivity contribution in [1.29, 1.82) is 0 Å². The quantitative estimate of drug-likeness (QED) is 0.813. The van der Waals surface area contributed by atoms with Gasteiger partial charge in [-0.2, -0.15) is 5.10 Å². The molecule has 1 amide bonds. The summed E-state index contributed by atoms with van der Waals surface area (Å²) in [5, 5.41) is 4.01. The van der Waals surface area contributed by atoms with Crippen molar-refractivity contribution in [3.8, 4) is 0 Å². The van der Waals surface area contributed by atoms with Crippen LogP contribution in [0.2, 0.25) is 0 Å². The second-order valence-corrected chi connectivity index (χ2v) is 5.02. The van der Waals surface area contributed by atoms with E-state index >= 15 is 0 Å². The van der Waals surface area contributed by atoms with Crippen molar-refractivity contribution in [2.24, 2.45) is 7.05 Å². The van der Waals surface area contributed by atoms with Gasteiger partial charge in [0.15, 0.2) is 0 Å². The van der Waals surface area contributed by atoms with Crippen molar-refractivity contribution in [3.05, 3.63) is 11.8 Å². The third-order valence-electron chi connectivity index (χ3n) is 3.77. The fourth-order valence-electron chi connectivity index (χ4n) is 2.35. The molecule has 0 atom stereocenters. The molecule has 1 aromatic rings. The molecular weight excluding hydrogens is 230 g/mol. The molecule has 0 spiro atoms. The van der Waals surface area contributed by atoms with Crippen molar-refractivity contribution in [3.63, 3.8) is 0 Å². The van der Waals surface area contributed by atoms with E-state index in [1.54, 1.807) is 18.1 Å². The van der Waals surface area contributed by atoms with Crippen molar-refractivity contribution in [2.75, 3.05) is 32.9 Å². The Labute approximate surface area is 107 Å². The molecule has 1 aromatic heterocycles. The van der Waals surface area contributed by atoms with Crippen LogP contribution in [0.4, 0.5) is 5.82 Å². The Balaban J connectivity index is 2.07. The highest BCUT2D eigenvalue weighted by atomic mass is 16.2. The van der Waals surface area contributed by atoms with Crippen LogP contribution in [0.15, 0.2) is 6.20 Å². The lowest BCUT2D eigenvalue weighted by Crippen LogP contribution is -2.44. The van der Waals surface area contributed by atoms with Gasteiger partial charge in [-0.3, -0.25) is 9.48 Å². The average Bonchev–Trinajstić information content (AvgIpc) is 2.69. The van der Waals surface area contributed by atoms with Gasteiger partial charge in [-0.25, -0.2) is 0 Å². The molecule has 1 fully saturated rings. The Bertz CT molecular complexity index is 434. The number of piperidine rings is 1. The summed E-state index contributed by atoms with van der Waals surface area (Å²) >= 11 is 0. The number of nitrogens with two attached hydrogens (primary N) is 1. The van der Waals surface area contributed by atoms with Crippen LogP contribution in [-0.2, 0) is 7.05 Å². The minimum atomic E-state index is -0.0323. The van der Waals surface area contributed by atoms with E-state index < -0.39 is 0 Å². The molecule has 1 aliphatic rings. The van der Waals surface area contributed by atoms with Gasteiger partial charge in [0.05, 0.1) is 6.20 Å². The van der Waals surface area contributed by atoms with Gasteiger partial charge < -0.3 is 15.5 Å². The first-order valence-electron chi connectivity index (χ1n) is 6.24. The molecule has 1 aliphatic heterocycles. The van der Waals surface area contributed by atoms with Crippen molar-refractivity contribution >= 4 is 11.7 Å². The van der Waals surface area contributed by atoms with Crippen LogP contribution >= 0.6 is 0 Å². The summed E-state index contributed by atoms with van der Waals surface area (Å²) in [6.45, 7) is 2.07. The number of amides is 1. The van der Waals surface area contributed by atoms with Crippen LogP contribution < -0.4 is 5.73 Å². The standard InChI is InChI=1S/C12H21N5O/c1-15-6-4-9(5-7-15)16(2)12(18)10-8-14-17(3)11(10)13/h8-9H,4-7,13H2,1-3H3. The van der Waals surface area contributed by atoms with E-state index in [1.165, 1.54) is 4.68 Å². The number of aromatic nitrogens is 2. The molecule has 0 radical (unpaired) electrons. The zero-order valence-corrected chi connectivity index (χ0v) is 11.3. The summed E-state index contributed by atoms with van der Waals surface area (Å²) in [4.78, 5) is 16.4. The maximum Gasteiger partial charge on any atom is 0.259 e. The number of aryl methyl sites for hydroxylation is 1. The number of likely N-dealkylation sites (tertiary alicyclic amines) is 1. The van der Waals surface area contributed by atoms with Crippen LogP contribution in [0.5, 0.6) is 0 Å². The minimum Gasteiger partial charge on any atom is -0.383 e. The normalized spacial score (nSPS) is 17.9. The lowest BCUT2D eigenvalue weighted by atomic mass is 10.0. The van der Waals surface area contributed by atoms with E-state index in [1.807, 2.05) is 7.05 Å². The van der Waals surface area contributed by atoms with Gasteiger partial charge in [0.1, 0.15) is 11.4 Å². The Morgan fingerprint density at radius 3 is 2.56 bits per heavy atom. The number of carbonyl (C=O) groups is 1. The Kier molecular flexibility index (Phi) is 3.56. The van der Waals surface area contributed by atoms with E-state index in [0.29, 0.717) is 17.4 Å². The highest BCUT2D eigenvalue weighted by Crippen LogP contribution is 2.18. The van der Waals surface area contributed by atoms with Gasteiger partial charge in [-0.1, -0.05) is 0 Å². The van der Waals surface area contributed by atoms with Gasteiger partial charge >= 0.3 is 0 Å². The Morgan fingerprint density at radius 1 is 1.44 bits per heavy atom. The number of hydrogen-bond acceptors (Lipinski definition) is 4. The smallest absolute Gasteiger partial charge is 0.259 e. The van der Waals surface area contributed by atoms with Gasteiger partial charge in [-0.15, -0.1) is 0 Å². The molecule has 6 nitrogen and oxygen atoms in total. The number of carbonyl (C=O) groups excluding carboxylic acids is 1. The first-order valence-corrected chi connectivity index (χ1v) is 6.24. The average molecular weight is 251 g/mol. The van der Waals surface area contributed by atoms with Gasteiger partial charge in [0.2, 0.25) is 0 Å². The first kappa shape index (κ1) is 12.9. The monoisotopic (exact) mass is 251 g/mol. The van der Waals surface area contributed by atoms with Crippen LogP contribution in [0.3, 0.4) is 0 Å².